The number of nitrogens with one attached hydrogen (secondary N) is 1. The molecule has 1 heterocycles. The van der Waals surface area contributed by atoms with Crippen molar-refractivity contribution < 1.29 is 9.50 Å². The van der Waals surface area contributed by atoms with Gasteiger partial charge >= 0.3 is 0 Å². The molecule has 1 atom stereocenters. The van der Waals surface area contributed by atoms with Crippen LogP contribution in [0.4, 0.5) is 10.2 Å². The highest BCUT2D eigenvalue weighted by atomic mass is 35.5. The van der Waals surface area contributed by atoms with Gasteiger partial charge in [-0.1, -0.05) is 30.3 Å². The van der Waals surface area contributed by atoms with Crippen LogP contribution >= 0.6 is 11.6 Å². The number of aliphatic hydroxyl groups is 1. The molecule has 19 heavy (non-hydrogen) atoms. The van der Waals surface area contributed by atoms with Crippen molar-refractivity contribution in [1.29, 1.82) is 0 Å². The summed E-state index contributed by atoms with van der Waals surface area (Å²) in [4.78, 5) is 7.33. The second kappa shape index (κ2) is 5.50. The van der Waals surface area contributed by atoms with E-state index in [1.165, 1.54) is 0 Å². The first-order chi connectivity index (χ1) is 9.05. The van der Waals surface area contributed by atoms with Crippen LogP contribution in [0, 0.1) is 5.82 Å². The van der Waals surface area contributed by atoms with Gasteiger partial charge in [-0.05, 0) is 24.1 Å². The Bertz CT molecular complexity index is 567. The second-order valence-electron chi connectivity index (χ2n) is 4.32. The van der Waals surface area contributed by atoms with Crippen LogP contribution in [0.1, 0.15) is 12.5 Å². The third-order valence-corrected chi connectivity index (χ3v) is 3.02. The lowest BCUT2D eigenvalue weighted by Gasteiger charge is -2.30. The Labute approximate surface area is 115 Å². The fraction of sp³-hybridized carbons (Fsp3) is 0.231. The number of rotatable bonds is 4. The molecular formula is C13H13ClFN3O. The van der Waals surface area contributed by atoms with Gasteiger partial charge in [-0.3, -0.25) is 0 Å². The summed E-state index contributed by atoms with van der Waals surface area (Å²) in [7, 11) is 0. The zero-order valence-electron chi connectivity index (χ0n) is 10.3. The van der Waals surface area contributed by atoms with Crippen LogP contribution < -0.4 is 5.32 Å². The topological polar surface area (TPSA) is 58.0 Å². The number of hydrogen-bond acceptors (Lipinski definition) is 4. The van der Waals surface area contributed by atoms with Gasteiger partial charge in [0.2, 0.25) is 5.28 Å². The highest BCUT2D eigenvalue weighted by molar-refractivity contribution is 6.28. The summed E-state index contributed by atoms with van der Waals surface area (Å²) in [6, 6.07) is 9.22. The zero-order chi connectivity index (χ0) is 13.9. The monoisotopic (exact) mass is 281 g/mol. The Morgan fingerprint density at radius 2 is 2.05 bits per heavy atom. The van der Waals surface area contributed by atoms with Crippen LogP contribution in [0.25, 0.3) is 0 Å². The molecule has 2 N–H and O–H groups in total. The van der Waals surface area contributed by atoms with E-state index in [-0.39, 0.29) is 17.7 Å². The minimum absolute atomic E-state index is 0.0413. The van der Waals surface area contributed by atoms with Gasteiger partial charge in [0.05, 0.1) is 18.3 Å². The van der Waals surface area contributed by atoms with E-state index in [2.05, 4.69) is 15.3 Å². The van der Waals surface area contributed by atoms with Gasteiger partial charge in [-0.2, -0.15) is 4.98 Å². The van der Waals surface area contributed by atoms with Crippen LogP contribution in [0.15, 0.2) is 36.5 Å². The van der Waals surface area contributed by atoms with Crippen molar-refractivity contribution in [2.75, 3.05) is 11.9 Å². The smallest absolute Gasteiger partial charge is 0.224 e. The number of halogens is 2. The maximum absolute atomic E-state index is 13.6. The molecule has 0 spiro atoms. The molecule has 0 radical (unpaired) electrons. The van der Waals surface area contributed by atoms with E-state index in [9.17, 15) is 9.50 Å². The number of hydrogen-bond donors (Lipinski definition) is 2. The Kier molecular flexibility index (Phi) is 3.97. The van der Waals surface area contributed by atoms with Crippen molar-refractivity contribution in [2.45, 2.75) is 12.5 Å². The predicted octanol–water partition coefficient (Wildman–Crippen LogP) is 2.59. The summed E-state index contributed by atoms with van der Waals surface area (Å²) in [5, 5.41) is 12.4. The van der Waals surface area contributed by atoms with E-state index in [0.29, 0.717) is 0 Å². The summed E-state index contributed by atoms with van der Waals surface area (Å²) in [5.41, 5.74) is -0.0496. The molecule has 1 aromatic carbocycles. The molecule has 2 rings (SSSR count). The number of benzene rings is 1. The average molecular weight is 282 g/mol. The molecular weight excluding hydrogens is 269 g/mol. The molecule has 0 saturated carbocycles. The van der Waals surface area contributed by atoms with Gasteiger partial charge in [0.15, 0.2) is 11.6 Å². The minimum atomic E-state index is -0.861. The van der Waals surface area contributed by atoms with E-state index < -0.39 is 11.4 Å². The van der Waals surface area contributed by atoms with E-state index in [0.717, 1.165) is 11.8 Å². The summed E-state index contributed by atoms with van der Waals surface area (Å²) < 4.78 is 13.6. The van der Waals surface area contributed by atoms with Crippen LogP contribution in [-0.2, 0) is 5.54 Å². The van der Waals surface area contributed by atoms with Gasteiger partial charge in [-0.25, -0.2) is 9.37 Å². The third kappa shape index (κ3) is 3.00. The van der Waals surface area contributed by atoms with Crippen molar-refractivity contribution >= 4 is 17.4 Å². The molecule has 6 heteroatoms. The van der Waals surface area contributed by atoms with Crippen molar-refractivity contribution in [3.8, 4) is 0 Å². The highest BCUT2D eigenvalue weighted by Gasteiger charge is 2.27. The lowest BCUT2D eigenvalue weighted by Crippen LogP contribution is -2.36. The molecule has 100 valence electrons. The Morgan fingerprint density at radius 3 is 2.68 bits per heavy atom. The maximum Gasteiger partial charge on any atom is 0.224 e. The number of nitrogens with zero attached hydrogens (tertiary/aromatic N) is 2. The highest BCUT2D eigenvalue weighted by Crippen LogP contribution is 2.26. The zero-order valence-corrected chi connectivity index (χ0v) is 11.0. The fourth-order valence-corrected chi connectivity index (χ4v) is 1.84. The van der Waals surface area contributed by atoms with Crippen LogP contribution in [0.5, 0.6) is 0 Å². The molecule has 0 fully saturated rings. The molecule has 0 saturated heterocycles. The summed E-state index contributed by atoms with van der Waals surface area (Å²) in [5.74, 6) is -0.666. The lowest BCUT2D eigenvalue weighted by molar-refractivity contribution is 0.223. The first kappa shape index (κ1) is 13.7. The second-order valence-corrected chi connectivity index (χ2v) is 4.65. The van der Waals surface area contributed by atoms with Crippen LogP contribution in [0.2, 0.25) is 5.28 Å². The van der Waals surface area contributed by atoms with Crippen LogP contribution in [-0.4, -0.2) is 21.7 Å². The number of anilines is 1. The summed E-state index contributed by atoms with van der Waals surface area (Å²) >= 11 is 5.64. The molecule has 1 unspecified atom stereocenters. The first-order valence-corrected chi connectivity index (χ1v) is 6.05. The maximum atomic E-state index is 13.6. The van der Waals surface area contributed by atoms with Crippen molar-refractivity contribution in [3.63, 3.8) is 0 Å². The Hall–Kier alpha value is -1.72. The average Bonchev–Trinajstić information content (AvgIpc) is 2.44. The van der Waals surface area contributed by atoms with Gasteiger partial charge in [0.25, 0.3) is 0 Å². The van der Waals surface area contributed by atoms with Gasteiger partial charge < -0.3 is 10.4 Å². The SMILES string of the molecule is CC(CO)(Nc1nc(Cl)ncc1F)c1ccccc1. The molecule has 0 aliphatic heterocycles. The van der Waals surface area contributed by atoms with E-state index in [4.69, 9.17) is 11.6 Å². The first-order valence-electron chi connectivity index (χ1n) is 5.68. The minimum Gasteiger partial charge on any atom is -0.394 e. The third-order valence-electron chi connectivity index (χ3n) is 2.84. The molecule has 4 nitrogen and oxygen atoms in total. The standard InChI is InChI=1S/C13H13ClFN3O/c1-13(8-19,9-5-3-2-4-6-9)18-11-10(15)7-16-12(14)17-11/h2-7,19H,8H2,1H3,(H,16,17,18). The molecule has 0 aliphatic carbocycles. The summed E-state index contributed by atoms with van der Waals surface area (Å²) in [6.07, 6.45) is 0.987. The van der Waals surface area contributed by atoms with Crippen molar-refractivity contribution in [3.05, 3.63) is 53.2 Å². The van der Waals surface area contributed by atoms with Crippen molar-refractivity contribution in [2.24, 2.45) is 0 Å². The van der Waals surface area contributed by atoms with E-state index in [1.807, 2.05) is 30.3 Å². The Balaban J connectivity index is 2.36. The van der Waals surface area contributed by atoms with Gasteiger partial charge in [-0.15, -0.1) is 0 Å². The lowest BCUT2D eigenvalue weighted by atomic mass is 9.93. The molecule has 2 aromatic rings. The Morgan fingerprint density at radius 1 is 1.37 bits per heavy atom. The summed E-state index contributed by atoms with van der Waals surface area (Å²) in [6.45, 7) is 1.52. The van der Waals surface area contributed by atoms with E-state index in [1.54, 1.807) is 6.92 Å². The van der Waals surface area contributed by atoms with Gasteiger partial charge in [0, 0.05) is 0 Å². The molecule has 0 aliphatic rings. The molecule has 0 amide bonds. The van der Waals surface area contributed by atoms with Gasteiger partial charge in [0.1, 0.15) is 0 Å². The quantitative estimate of drug-likeness (QED) is 0.846. The number of aliphatic hydroxyl groups excluding tert-OH is 1. The fourth-order valence-electron chi connectivity index (χ4n) is 1.70. The largest absolute Gasteiger partial charge is 0.394 e. The normalized spacial score (nSPS) is 13.9. The van der Waals surface area contributed by atoms with E-state index >= 15 is 0 Å². The number of aromatic nitrogens is 2. The van der Waals surface area contributed by atoms with Crippen LogP contribution in [0.3, 0.4) is 0 Å². The molecule has 1 aromatic heterocycles. The molecule has 0 bridgehead atoms. The van der Waals surface area contributed by atoms with Crippen molar-refractivity contribution in [1.82, 2.24) is 9.97 Å². The predicted molar refractivity (Wildman–Crippen MR) is 71.5 cm³/mol.